The first-order valence-corrected chi connectivity index (χ1v) is 11.4. The zero-order valence-electron chi connectivity index (χ0n) is 18.8. The third kappa shape index (κ3) is 4.14. The van der Waals surface area contributed by atoms with Crippen LogP contribution in [-0.2, 0) is 4.74 Å². The number of ether oxygens (including phenoxy) is 1. The van der Waals surface area contributed by atoms with Crippen molar-refractivity contribution in [1.29, 1.82) is 0 Å². The van der Waals surface area contributed by atoms with Crippen molar-refractivity contribution in [3.8, 4) is 0 Å². The fourth-order valence-corrected chi connectivity index (χ4v) is 5.07. The Labute approximate surface area is 180 Å². The molecule has 0 spiro atoms. The summed E-state index contributed by atoms with van der Waals surface area (Å²) < 4.78 is 5.49. The molecule has 30 heavy (non-hydrogen) atoms. The largest absolute Gasteiger partial charge is 0.444 e. The lowest BCUT2D eigenvalue weighted by molar-refractivity contribution is 0.0240. The molecule has 0 radical (unpaired) electrons. The monoisotopic (exact) mass is 413 g/mol. The van der Waals surface area contributed by atoms with Crippen LogP contribution in [0.5, 0.6) is 0 Å². The van der Waals surface area contributed by atoms with Gasteiger partial charge in [-0.1, -0.05) is 25.3 Å². The van der Waals surface area contributed by atoms with E-state index in [2.05, 4.69) is 34.9 Å². The van der Waals surface area contributed by atoms with Gasteiger partial charge in [0, 0.05) is 43.5 Å². The molecule has 1 aromatic rings. The van der Waals surface area contributed by atoms with E-state index in [1.54, 1.807) is 4.90 Å². The predicted molar refractivity (Wildman–Crippen MR) is 118 cm³/mol. The standard InChI is InChI=1S/C24H35N3O3/c1-17-20-11-10-19(16-21(20)22(28)27(17)18-8-6-5-7-9-18)25-12-14-26(15-13-25)23(29)30-24(2,3)4/h10-11,16-18H,5-9,12-15H2,1-4H3. The van der Waals surface area contributed by atoms with Gasteiger partial charge in [0.05, 0.1) is 6.04 Å². The molecule has 0 bridgehead atoms. The molecule has 1 saturated heterocycles. The van der Waals surface area contributed by atoms with E-state index in [4.69, 9.17) is 4.74 Å². The van der Waals surface area contributed by atoms with Gasteiger partial charge in [-0.25, -0.2) is 4.79 Å². The topological polar surface area (TPSA) is 53.1 Å². The minimum atomic E-state index is -0.477. The number of carbonyl (C=O) groups is 2. The number of rotatable bonds is 2. The third-order valence-corrected chi connectivity index (χ3v) is 6.63. The van der Waals surface area contributed by atoms with Gasteiger partial charge in [-0.05, 0) is 58.2 Å². The molecule has 0 N–H and O–H groups in total. The lowest BCUT2D eigenvalue weighted by atomic mass is 9.93. The summed E-state index contributed by atoms with van der Waals surface area (Å²) in [4.78, 5) is 31.7. The Morgan fingerprint density at radius 2 is 1.70 bits per heavy atom. The summed E-state index contributed by atoms with van der Waals surface area (Å²) in [5, 5.41) is 0. The highest BCUT2D eigenvalue weighted by molar-refractivity contribution is 6.00. The summed E-state index contributed by atoms with van der Waals surface area (Å²) in [6, 6.07) is 6.88. The van der Waals surface area contributed by atoms with E-state index >= 15 is 0 Å². The van der Waals surface area contributed by atoms with Gasteiger partial charge in [-0.15, -0.1) is 0 Å². The maximum atomic E-state index is 13.3. The number of hydrogen-bond acceptors (Lipinski definition) is 4. The molecular weight excluding hydrogens is 378 g/mol. The quantitative estimate of drug-likeness (QED) is 0.711. The van der Waals surface area contributed by atoms with Crippen LogP contribution >= 0.6 is 0 Å². The molecule has 1 atom stereocenters. The van der Waals surface area contributed by atoms with Gasteiger partial charge < -0.3 is 19.4 Å². The van der Waals surface area contributed by atoms with Crippen molar-refractivity contribution in [3.63, 3.8) is 0 Å². The Hall–Kier alpha value is -2.24. The molecule has 2 amide bonds. The van der Waals surface area contributed by atoms with Gasteiger partial charge in [-0.2, -0.15) is 0 Å². The van der Waals surface area contributed by atoms with E-state index < -0.39 is 5.60 Å². The smallest absolute Gasteiger partial charge is 0.410 e. The van der Waals surface area contributed by atoms with Gasteiger partial charge >= 0.3 is 6.09 Å². The summed E-state index contributed by atoms with van der Waals surface area (Å²) >= 11 is 0. The Balaban J connectivity index is 1.43. The van der Waals surface area contributed by atoms with Crippen molar-refractivity contribution in [1.82, 2.24) is 9.80 Å². The molecular formula is C24H35N3O3. The maximum Gasteiger partial charge on any atom is 0.410 e. The number of anilines is 1. The second kappa shape index (κ2) is 8.12. The van der Waals surface area contributed by atoms with Gasteiger partial charge in [-0.3, -0.25) is 4.79 Å². The number of nitrogens with zero attached hydrogens (tertiary/aromatic N) is 3. The van der Waals surface area contributed by atoms with Crippen molar-refractivity contribution >= 4 is 17.7 Å². The fraction of sp³-hybridized carbons (Fsp3) is 0.667. The highest BCUT2D eigenvalue weighted by Gasteiger charge is 2.39. The highest BCUT2D eigenvalue weighted by Crippen LogP contribution is 2.40. The summed E-state index contributed by atoms with van der Waals surface area (Å²) in [6.07, 6.45) is 5.75. The molecule has 0 aromatic heterocycles. The van der Waals surface area contributed by atoms with Crippen LogP contribution in [0.1, 0.15) is 81.8 Å². The predicted octanol–water partition coefficient (Wildman–Crippen LogP) is 4.59. The number of amides is 2. The van der Waals surface area contributed by atoms with E-state index in [0.29, 0.717) is 19.1 Å². The van der Waals surface area contributed by atoms with Crippen LogP contribution < -0.4 is 4.90 Å². The van der Waals surface area contributed by atoms with E-state index in [9.17, 15) is 9.59 Å². The van der Waals surface area contributed by atoms with Gasteiger partial charge in [0.25, 0.3) is 5.91 Å². The number of fused-ring (bicyclic) bond motifs is 1. The molecule has 2 aliphatic heterocycles. The molecule has 4 rings (SSSR count). The van der Waals surface area contributed by atoms with Crippen molar-refractivity contribution in [3.05, 3.63) is 29.3 Å². The minimum absolute atomic E-state index is 0.161. The Morgan fingerprint density at radius 1 is 1.03 bits per heavy atom. The molecule has 6 nitrogen and oxygen atoms in total. The first kappa shape index (κ1) is 21.0. The van der Waals surface area contributed by atoms with E-state index in [-0.39, 0.29) is 18.0 Å². The van der Waals surface area contributed by atoms with Crippen LogP contribution in [0.3, 0.4) is 0 Å². The van der Waals surface area contributed by atoms with Crippen LogP contribution in [0.2, 0.25) is 0 Å². The number of hydrogen-bond donors (Lipinski definition) is 0. The van der Waals surface area contributed by atoms with Crippen LogP contribution in [0.25, 0.3) is 0 Å². The van der Waals surface area contributed by atoms with Crippen molar-refractivity contribution in [2.75, 3.05) is 31.1 Å². The minimum Gasteiger partial charge on any atom is -0.444 e. The van der Waals surface area contributed by atoms with E-state index in [0.717, 1.165) is 42.7 Å². The first-order valence-electron chi connectivity index (χ1n) is 11.4. The van der Waals surface area contributed by atoms with Crippen LogP contribution in [0.4, 0.5) is 10.5 Å². The SMILES string of the molecule is CC1c2ccc(N3CCN(C(=O)OC(C)(C)C)CC3)cc2C(=O)N1C1CCCCC1. The second-order valence-electron chi connectivity index (χ2n) is 9.91. The summed E-state index contributed by atoms with van der Waals surface area (Å²) in [5.41, 5.74) is 2.61. The second-order valence-corrected chi connectivity index (χ2v) is 9.91. The molecule has 3 aliphatic rings. The van der Waals surface area contributed by atoms with Gasteiger partial charge in [0.1, 0.15) is 5.60 Å². The molecule has 6 heteroatoms. The molecule has 2 fully saturated rings. The van der Waals surface area contributed by atoms with Gasteiger partial charge in [0.2, 0.25) is 0 Å². The number of carbonyl (C=O) groups excluding carboxylic acids is 2. The summed E-state index contributed by atoms with van der Waals surface area (Å²) in [7, 11) is 0. The van der Waals surface area contributed by atoms with E-state index in [1.165, 1.54) is 19.3 Å². The lowest BCUT2D eigenvalue weighted by Crippen LogP contribution is -2.50. The van der Waals surface area contributed by atoms with Gasteiger partial charge in [0.15, 0.2) is 0 Å². The zero-order valence-corrected chi connectivity index (χ0v) is 18.8. The third-order valence-electron chi connectivity index (χ3n) is 6.63. The van der Waals surface area contributed by atoms with Crippen molar-refractivity contribution in [2.45, 2.75) is 77.5 Å². The van der Waals surface area contributed by atoms with E-state index in [1.807, 2.05) is 20.8 Å². The van der Waals surface area contributed by atoms with Crippen LogP contribution in [-0.4, -0.2) is 59.6 Å². The van der Waals surface area contributed by atoms with Crippen molar-refractivity contribution in [2.24, 2.45) is 0 Å². The first-order chi connectivity index (χ1) is 14.2. The van der Waals surface area contributed by atoms with Crippen LogP contribution in [0, 0.1) is 0 Å². The molecule has 1 aromatic carbocycles. The Morgan fingerprint density at radius 3 is 2.33 bits per heavy atom. The summed E-state index contributed by atoms with van der Waals surface area (Å²) in [5.74, 6) is 0.193. The average molecular weight is 414 g/mol. The number of piperazine rings is 1. The molecule has 164 valence electrons. The molecule has 2 heterocycles. The summed E-state index contributed by atoms with van der Waals surface area (Å²) in [6.45, 7) is 10.6. The zero-order chi connectivity index (χ0) is 21.5. The Bertz CT molecular complexity index is 802. The molecule has 1 unspecified atom stereocenters. The molecule has 1 saturated carbocycles. The Kier molecular flexibility index (Phi) is 5.69. The number of benzene rings is 1. The van der Waals surface area contributed by atoms with Crippen LogP contribution in [0.15, 0.2) is 18.2 Å². The lowest BCUT2D eigenvalue weighted by Gasteiger charge is -2.36. The fourth-order valence-electron chi connectivity index (χ4n) is 5.07. The highest BCUT2D eigenvalue weighted by atomic mass is 16.6. The normalized spacial score (nSPS) is 23.0. The average Bonchev–Trinajstić information content (AvgIpc) is 2.97. The van der Waals surface area contributed by atoms with Crippen molar-refractivity contribution < 1.29 is 14.3 Å². The maximum absolute atomic E-state index is 13.3. The molecule has 1 aliphatic carbocycles.